The molecule has 30 heavy (non-hydrogen) atoms. The highest BCUT2D eigenvalue weighted by Crippen LogP contribution is 2.43. The van der Waals surface area contributed by atoms with Crippen molar-refractivity contribution in [3.05, 3.63) is 75.6 Å². The molecule has 0 saturated carbocycles. The Kier molecular flexibility index (Phi) is 4.48. The monoisotopic (exact) mass is 419 g/mol. The molecule has 7 heteroatoms. The third kappa shape index (κ3) is 2.94. The van der Waals surface area contributed by atoms with E-state index in [-0.39, 0.29) is 17.5 Å². The van der Waals surface area contributed by atoms with Gasteiger partial charge in [-0.05, 0) is 55.2 Å². The van der Waals surface area contributed by atoms with Crippen molar-refractivity contribution in [1.29, 1.82) is 0 Å². The van der Waals surface area contributed by atoms with Gasteiger partial charge in [0, 0.05) is 10.6 Å². The Hall–Kier alpha value is -3.30. The maximum atomic E-state index is 11.3. The average molecular weight is 420 g/mol. The first-order valence-electron chi connectivity index (χ1n) is 9.81. The van der Waals surface area contributed by atoms with Gasteiger partial charge in [0.15, 0.2) is 0 Å². The summed E-state index contributed by atoms with van der Waals surface area (Å²) in [6.07, 6.45) is 5.48. The predicted octanol–water partition coefficient (Wildman–Crippen LogP) is 5.30. The van der Waals surface area contributed by atoms with Crippen molar-refractivity contribution < 1.29 is 14.6 Å². The van der Waals surface area contributed by atoms with E-state index in [0.717, 1.165) is 36.2 Å². The molecule has 1 N–H and O–H groups in total. The van der Waals surface area contributed by atoms with Crippen LogP contribution in [0.15, 0.2) is 53.1 Å². The molecule has 2 atom stereocenters. The maximum absolute atomic E-state index is 11.3. The van der Waals surface area contributed by atoms with Crippen LogP contribution in [0.2, 0.25) is 5.02 Å². The van der Waals surface area contributed by atoms with Gasteiger partial charge in [-0.25, -0.2) is 9.64 Å². The Bertz CT molecular complexity index is 1160. The fraction of sp³-hybridized carbons (Fsp3) is 0.261. The fourth-order valence-electron chi connectivity index (χ4n) is 4.49. The molecule has 1 aliphatic carbocycles. The minimum atomic E-state index is -0.984. The number of allylic oxidation sites excluding steroid dienone is 1. The average Bonchev–Trinajstić information content (AvgIpc) is 3.40. The van der Waals surface area contributed by atoms with Crippen LogP contribution in [0.4, 0.5) is 11.4 Å². The van der Waals surface area contributed by atoms with E-state index in [9.17, 15) is 9.90 Å². The Morgan fingerprint density at radius 3 is 2.87 bits per heavy atom. The number of hydrogen-bond acceptors (Lipinski definition) is 4. The summed E-state index contributed by atoms with van der Waals surface area (Å²) in [5.41, 5.74) is 4.49. The topological polar surface area (TPSA) is 66.5 Å². The second-order valence-electron chi connectivity index (χ2n) is 7.63. The second-order valence-corrected chi connectivity index (χ2v) is 8.03. The van der Waals surface area contributed by atoms with E-state index >= 15 is 0 Å². The molecule has 0 fully saturated rings. The van der Waals surface area contributed by atoms with Gasteiger partial charge in [0.2, 0.25) is 5.69 Å². The van der Waals surface area contributed by atoms with Crippen LogP contribution < -0.4 is 9.75 Å². The summed E-state index contributed by atoms with van der Waals surface area (Å²) in [4.78, 5) is 14.8. The van der Waals surface area contributed by atoms with E-state index < -0.39 is 5.97 Å². The van der Waals surface area contributed by atoms with E-state index in [1.165, 1.54) is 5.57 Å². The minimum Gasteiger partial charge on any atom is -0.492 e. The van der Waals surface area contributed by atoms with Gasteiger partial charge in [-0.2, -0.15) is 5.10 Å². The van der Waals surface area contributed by atoms with Gasteiger partial charge >= 0.3 is 5.97 Å². The standard InChI is InChI=1S/C23H18ClN3O3/c1-25-19-9-7-15(11-18(19)24)27-22(13-4-2-3-5-13)17-12-30-20-10-14(23(28)29)6-8-16(20)21(17)26-27/h4,6-11,17,22H,2-3,5,12H2,(H,28,29). The van der Waals surface area contributed by atoms with Gasteiger partial charge in [-0.3, -0.25) is 5.01 Å². The van der Waals surface area contributed by atoms with Gasteiger partial charge in [0.05, 0.1) is 42.1 Å². The number of aromatic carboxylic acids is 1. The summed E-state index contributed by atoms with van der Waals surface area (Å²) in [6.45, 7) is 7.66. The third-order valence-electron chi connectivity index (χ3n) is 5.91. The smallest absolute Gasteiger partial charge is 0.335 e. The summed E-state index contributed by atoms with van der Waals surface area (Å²) in [7, 11) is 0. The van der Waals surface area contributed by atoms with Crippen molar-refractivity contribution in [3.8, 4) is 5.75 Å². The Labute approximate surface area is 178 Å². The molecule has 2 aromatic carbocycles. The lowest BCUT2D eigenvalue weighted by atomic mass is 9.85. The normalized spacial score (nSPS) is 21.8. The van der Waals surface area contributed by atoms with Crippen molar-refractivity contribution in [1.82, 2.24) is 0 Å². The molecule has 0 radical (unpaired) electrons. The zero-order valence-corrected chi connectivity index (χ0v) is 16.8. The van der Waals surface area contributed by atoms with Crippen LogP contribution in [0, 0.1) is 12.5 Å². The van der Waals surface area contributed by atoms with Gasteiger partial charge in [0.25, 0.3) is 0 Å². The van der Waals surface area contributed by atoms with Crippen LogP contribution in [-0.2, 0) is 0 Å². The van der Waals surface area contributed by atoms with Crippen LogP contribution in [0.5, 0.6) is 5.75 Å². The molecule has 0 spiro atoms. The van der Waals surface area contributed by atoms with E-state index in [1.54, 1.807) is 30.3 Å². The first kappa shape index (κ1) is 18.7. The van der Waals surface area contributed by atoms with E-state index in [4.69, 9.17) is 28.0 Å². The molecule has 2 unspecified atom stereocenters. The number of rotatable bonds is 3. The van der Waals surface area contributed by atoms with Crippen molar-refractivity contribution in [2.45, 2.75) is 25.3 Å². The molecule has 2 aliphatic heterocycles. The highest BCUT2D eigenvalue weighted by atomic mass is 35.5. The zero-order chi connectivity index (χ0) is 20.8. The molecule has 0 bridgehead atoms. The van der Waals surface area contributed by atoms with E-state index in [2.05, 4.69) is 10.9 Å². The summed E-state index contributed by atoms with van der Waals surface area (Å²) >= 11 is 6.31. The van der Waals surface area contributed by atoms with Crippen LogP contribution in [-0.4, -0.2) is 29.4 Å². The van der Waals surface area contributed by atoms with Crippen molar-refractivity contribution in [3.63, 3.8) is 0 Å². The number of hydrazone groups is 1. The van der Waals surface area contributed by atoms with Crippen molar-refractivity contribution in [2.75, 3.05) is 11.6 Å². The number of hydrogen-bond donors (Lipinski definition) is 1. The lowest BCUT2D eigenvalue weighted by Crippen LogP contribution is -2.40. The quantitative estimate of drug-likeness (QED) is 0.541. The fourth-order valence-corrected chi connectivity index (χ4v) is 4.71. The van der Waals surface area contributed by atoms with Gasteiger partial charge < -0.3 is 9.84 Å². The SMILES string of the molecule is [C-]#[N+]c1ccc(N2N=C3c4ccc(C(=O)O)cc4OCC3C2C2=CCCC2)cc1Cl. The molecular weight excluding hydrogens is 402 g/mol. The minimum absolute atomic E-state index is 0.0182. The number of carboxylic acid groups (broad SMARTS) is 1. The number of nitrogens with zero attached hydrogens (tertiary/aromatic N) is 3. The number of benzene rings is 2. The Balaban J connectivity index is 1.61. The molecule has 5 rings (SSSR count). The molecule has 0 amide bonds. The second kappa shape index (κ2) is 7.19. The van der Waals surface area contributed by atoms with Crippen molar-refractivity contribution >= 4 is 34.7 Å². The molecule has 0 saturated heterocycles. The molecule has 2 aromatic rings. The summed E-state index contributed by atoms with van der Waals surface area (Å²) < 4.78 is 6.00. The number of fused-ring (bicyclic) bond motifs is 3. The number of carbonyl (C=O) groups is 1. The number of anilines is 1. The largest absolute Gasteiger partial charge is 0.492 e. The molecular formula is C23H18ClN3O3. The number of ether oxygens (including phenoxy) is 1. The van der Waals surface area contributed by atoms with Crippen LogP contribution in [0.3, 0.4) is 0 Å². The first-order valence-corrected chi connectivity index (χ1v) is 10.2. The van der Waals surface area contributed by atoms with Crippen LogP contribution >= 0.6 is 11.6 Å². The van der Waals surface area contributed by atoms with E-state index in [1.807, 2.05) is 11.1 Å². The Morgan fingerprint density at radius 1 is 1.30 bits per heavy atom. The molecule has 2 heterocycles. The summed E-state index contributed by atoms with van der Waals surface area (Å²) in [6, 6.07) is 10.3. The van der Waals surface area contributed by atoms with Gasteiger partial charge in [-0.1, -0.05) is 23.7 Å². The highest BCUT2D eigenvalue weighted by Gasteiger charge is 2.44. The number of carboxylic acids is 1. The maximum Gasteiger partial charge on any atom is 0.335 e. The third-order valence-corrected chi connectivity index (χ3v) is 6.21. The molecule has 6 nitrogen and oxygen atoms in total. The summed E-state index contributed by atoms with van der Waals surface area (Å²) in [5, 5.41) is 16.6. The Morgan fingerprint density at radius 2 is 2.17 bits per heavy atom. The van der Waals surface area contributed by atoms with Gasteiger partial charge in [-0.15, -0.1) is 0 Å². The molecule has 3 aliphatic rings. The lowest BCUT2D eigenvalue weighted by molar-refractivity contribution is 0.0696. The van der Waals surface area contributed by atoms with Crippen molar-refractivity contribution in [2.24, 2.45) is 11.0 Å². The molecule has 150 valence electrons. The highest BCUT2D eigenvalue weighted by molar-refractivity contribution is 6.33. The predicted molar refractivity (Wildman–Crippen MR) is 115 cm³/mol. The zero-order valence-electron chi connectivity index (χ0n) is 16.0. The number of halogens is 1. The van der Waals surface area contributed by atoms with Gasteiger partial charge in [0.1, 0.15) is 5.75 Å². The first-order chi connectivity index (χ1) is 14.6. The summed E-state index contributed by atoms with van der Waals surface area (Å²) in [5.74, 6) is -0.397. The van der Waals surface area contributed by atoms with E-state index in [0.29, 0.717) is 23.1 Å². The lowest BCUT2D eigenvalue weighted by Gasteiger charge is -2.31. The van der Waals surface area contributed by atoms with Crippen LogP contribution in [0.25, 0.3) is 4.85 Å². The molecule has 0 aromatic heterocycles. The van der Waals surface area contributed by atoms with Crippen LogP contribution in [0.1, 0.15) is 35.2 Å².